The van der Waals surface area contributed by atoms with E-state index >= 15 is 0 Å². The summed E-state index contributed by atoms with van der Waals surface area (Å²) in [7, 11) is 0. The molecule has 0 bridgehead atoms. The summed E-state index contributed by atoms with van der Waals surface area (Å²) in [5.41, 5.74) is -0.874. The summed E-state index contributed by atoms with van der Waals surface area (Å²) < 4.78 is 0. The average molecular weight is 354 g/mol. The van der Waals surface area contributed by atoms with Crippen LogP contribution in [0.4, 0.5) is 0 Å². The van der Waals surface area contributed by atoms with Crippen molar-refractivity contribution in [3.63, 3.8) is 0 Å². The molecule has 26 heavy (non-hydrogen) atoms. The van der Waals surface area contributed by atoms with Gasteiger partial charge in [-0.3, -0.25) is 0 Å². The number of aromatic carboxylic acids is 4. The van der Waals surface area contributed by atoms with Crippen LogP contribution in [0.3, 0.4) is 0 Å². The molecule has 0 saturated carbocycles. The molecule has 0 aliphatic heterocycles. The minimum absolute atomic E-state index is 0.00920. The van der Waals surface area contributed by atoms with Crippen LogP contribution in [0.1, 0.15) is 41.4 Å². The number of hydrogen-bond acceptors (Lipinski definition) is 4. The molecular weight excluding hydrogens is 344 g/mol. The van der Waals surface area contributed by atoms with Crippen LogP contribution in [0.15, 0.2) is 36.4 Å². The topological polar surface area (TPSA) is 149 Å². The number of hydrogen-bond donors (Lipinski definition) is 4. The molecule has 0 aromatic heterocycles. The van der Waals surface area contributed by atoms with E-state index in [1.54, 1.807) is 0 Å². The van der Waals surface area contributed by atoms with E-state index in [1.807, 2.05) is 0 Å². The lowest BCUT2D eigenvalue weighted by molar-refractivity contribution is 0.0683. The number of carbonyl (C=O) groups is 4. The SMILES string of the molecule is O=C(O)c1ccc(C(=O)O)c2cc3c(C(=O)O)ccc(C(=O)O)c3cc12. The van der Waals surface area contributed by atoms with Crippen molar-refractivity contribution in [2.75, 3.05) is 0 Å². The van der Waals surface area contributed by atoms with Crippen molar-refractivity contribution in [3.05, 3.63) is 58.7 Å². The van der Waals surface area contributed by atoms with E-state index in [-0.39, 0.29) is 43.8 Å². The summed E-state index contributed by atoms with van der Waals surface area (Å²) in [5.74, 6) is -5.29. The van der Waals surface area contributed by atoms with Gasteiger partial charge < -0.3 is 20.4 Å². The summed E-state index contributed by atoms with van der Waals surface area (Å²) >= 11 is 0. The summed E-state index contributed by atoms with van der Waals surface area (Å²) in [6.07, 6.45) is 0. The molecule has 0 heterocycles. The van der Waals surface area contributed by atoms with Crippen molar-refractivity contribution in [2.45, 2.75) is 0 Å². The molecule has 0 atom stereocenters. The van der Waals surface area contributed by atoms with Crippen LogP contribution < -0.4 is 0 Å². The van der Waals surface area contributed by atoms with Gasteiger partial charge in [-0.25, -0.2) is 19.2 Å². The zero-order valence-corrected chi connectivity index (χ0v) is 12.9. The lowest BCUT2D eigenvalue weighted by atomic mass is 9.92. The molecule has 8 nitrogen and oxygen atoms in total. The monoisotopic (exact) mass is 354 g/mol. The second-order valence-electron chi connectivity index (χ2n) is 5.49. The molecule has 0 saturated heterocycles. The van der Waals surface area contributed by atoms with E-state index < -0.39 is 23.9 Å². The maximum atomic E-state index is 11.5. The molecule has 130 valence electrons. The minimum atomic E-state index is -1.32. The van der Waals surface area contributed by atoms with E-state index in [9.17, 15) is 39.6 Å². The standard InChI is InChI=1S/C18H10O8/c19-15(20)7-1-2-8(16(21)22)12-6-14-10(18(25)26)4-3-9(17(23)24)13(14)5-11(7)12/h1-6H,(H,19,20)(H,21,22)(H,23,24)(H,25,26). The average Bonchev–Trinajstić information content (AvgIpc) is 2.57. The minimum Gasteiger partial charge on any atom is -0.478 e. The van der Waals surface area contributed by atoms with Crippen LogP contribution in [-0.4, -0.2) is 44.3 Å². The number of rotatable bonds is 4. The summed E-state index contributed by atoms with van der Waals surface area (Å²) in [4.78, 5) is 45.9. The summed E-state index contributed by atoms with van der Waals surface area (Å²) in [6.45, 7) is 0. The van der Waals surface area contributed by atoms with Gasteiger partial charge in [-0.05, 0) is 57.9 Å². The number of benzene rings is 3. The van der Waals surface area contributed by atoms with E-state index in [4.69, 9.17) is 0 Å². The smallest absolute Gasteiger partial charge is 0.336 e. The quantitative estimate of drug-likeness (QED) is 0.522. The van der Waals surface area contributed by atoms with Gasteiger partial charge in [-0.1, -0.05) is 0 Å². The fourth-order valence-electron chi connectivity index (χ4n) is 2.93. The van der Waals surface area contributed by atoms with E-state index in [1.165, 1.54) is 12.1 Å². The van der Waals surface area contributed by atoms with Crippen LogP contribution in [0.5, 0.6) is 0 Å². The first-order valence-corrected chi connectivity index (χ1v) is 7.19. The van der Waals surface area contributed by atoms with E-state index in [2.05, 4.69) is 0 Å². The fourth-order valence-corrected chi connectivity index (χ4v) is 2.93. The Morgan fingerprint density at radius 3 is 0.808 bits per heavy atom. The maximum Gasteiger partial charge on any atom is 0.336 e. The molecule has 0 spiro atoms. The van der Waals surface area contributed by atoms with Crippen LogP contribution in [0.25, 0.3) is 21.5 Å². The Morgan fingerprint density at radius 1 is 0.462 bits per heavy atom. The fraction of sp³-hybridized carbons (Fsp3) is 0. The van der Waals surface area contributed by atoms with Gasteiger partial charge in [0.1, 0.15) is 0 Å². The number of fused-ring (bicyclic) bond motifs is 2. The van der Waals surface area contributed by atoms with Gasteiger partial charge in [0.25, 0.3) is 0 Å². The van der Waals surface area contributed by atoms with Crippen molar-refractivity contribution in [1.82, 2.24) is 0 Å². The summed E-state index contributed by atoms with van der Waals surface area (Å²) in [6, 6.07) is 6.86. The number of carboxylic acid groups (broad SMARTS) is 4. The first-order chi connectivity index (χ1) is 12.2. The highest BCUT2D eigenvalue weighted by Crippen LogP contribution is 2.32. The first-order valence-electron chi connectivity index (χ1n) is 7.19. The predicted molar refractivity (Wildman–Crippen MR) is 89.3 cm³/mol. The van der Waals surface area contributed by atoms with Crippen molar-refractivity contribution in [2.24, 2.45) is 0 Å². The molecule has 3 aromatic carbocycles. The van der Waals surface area contributed by atoms with Gasteiger partial charge in [0.05, 0.1) is 22.3 Å². The van der Waals surface area contributed by atoms with E-state index in [0.29, 0.717) is 0 Å². The van der Waals surface area contributed by atoms with Gasteiger partial charge >= 0.3 is 23.9 Å². The third-order valence-electron chi connectivity index (χ3n) is 4.07. The Labute approximate surface area is 144 Å². The molecule has 8 heteroatoms. The molecule has 0 unspecified atom stereocenters. The second kappa shape index (κ2) is 5.85. The van der Waals surface area contributed by atoms with Crippen LogP contribution in [0, 0.1) is 0 Å². The Balaban J connectivity index is 2.62. The van der Waals surface area contributed by atoms with Crippen molar-refractivity contribution in [3.8, 4) is 0 Å². The Kier molecular flexibility index (Phi) is 3.80. The highest BCUT2D eigenvalue weighted by molar-refractivity contribution is 6.19. The first kappa shape index (κ1) is 16.9. The highest BCUT2D eigenvalue weighted by atomic mass is 16.4. The van der Waals surface area contributed by atoms with Crippen molar-refractivity contribution >= 4 is 45.4 Å². The third-order valence-corrected chi connectivity index (χ3v) is 4.07. The highest BCUT2D eigenvalue weighted by Gasteiger charge is 2.20. The lowest BCUT2D eigenvalue weighted by Gasteiger charge is -2.12. The van der Waals surface area contributed by atoms with Crippen molar-refractivity contribution in [1.29, 1.82) is 0 Å². The maximum absolute atomic E-state index is 11.5. The van der Waals surface area contributed by atoms with Gasteiger partial charge in [-0.15, -0.1) is 0 Å². The second-order valence-corrected chi connectivity index (χ2v) is 5.49. The van der Waals surface area contributed by atoms with Crippen LogP contribution in [-0.2, 0) is 0 Å². The molecule has 4 N–H and O–H groups in total. The zero-order chi connectivity index (χ0) is 19.2. The molecule has 3 aromatic rings. The van der Waals surface area contributed by atoms with E-state index in [0.717, 1.165) is 24.3 Å². The van der Waals surface area contributed by atoms with Crippen LogP contribution >= 0.6 is 0 Å². The Hall–Kier alpha value is -3.94. The molecule has 0 aliphatic rings. The third kappa shape index (κ3) is 2.49. The zero-order valence-electron chi connectivity index (χ0n) is 12.9. The molecule has 0 radical (unpaired) electrons. The largest absolute Gasteiger partial charge is 0.478 e. The normalized spacial score (nSPS) is 10.8. The molecular formula is C18H10O8. The van der Waals surface area contributed by atoms with Crippen molar-refractivity contribution < 1.29 is 39.6 Å². The Bertz CT molecular complexity index is 966. The molecule has 3 rings (SSSR count). The summed E-state index contributed by atoms with van der Waals surface area (Å²) in [5, 5.41) is 37.4. The number of carboxylic acids is 4. The van der Waals surface area contributed by atoms with Gasteiger partial charge in [0.2, 0.25) is 0 Å². The molecule has 0 amide bonds. The van der Waals surface area contributed by atoms with Gasteiger partial charge in [-0.2, -0.15) is 0 Å². The Morgan fingerprint density at radius 2 is 0.654 bits per heavy atom. The van der Waals surface area contributed by atoms with Gasteiger partial charge in [0, 0.05) is 0 Å². The molecule has 0 fully saturated rings. The lowest BCUT2D eigenvalue weighted by Crippen LogP contribution is -2.06. The van der Waals surface area contributed by atoms with Gasteiger partial charge in [0.15, 0.2) is 0 Å². The molecule has 0 aliphatic carbocycles. The predicted octanol–water partition coefficient (Wildman–Crippen LogP) is 2.79. The van der Waals surface area contributed by atoms with Crippen LogP contribution in [0.2, 0.25) is 0 Å².